The molecule has 0 unspecified atom stereocenters. The Morgan fingerprint density at radius 2 is 1.70 bits per heavy atom. The Labute approximate surface area is 365 Å². The molecule has 8 atom stereocenters. The molecule has 0 spiro atoms. The van der Waals surface area contributed by atoms with Gasteiger partial charge in [0.2, 0.25) is 41.0 Å². The van der Waals surface area contributed by atoms with Crippen LogP contribution in [0, 0.1) is 5.92 Å². The van der Waals surface area contributed by atoms with Gasteiger partial charge >= 0.3 is 6.18 Å². The quantitative estimate of drug-likeness (QED) is 0.221. The molecule has 3 saturated heterocycles. The van der Waals surface area contributed by atoms with Crippen molar-refractivity contribution in [1.29, 1.82) is 0 Å². The van der Waals surface area contributed by atoms with Gasteiger partial charge in [-0.25, -0.2) is 4.39 Å². The Morgan fingerprint density at radius 1 is 1.03 bits per heavy atom. The molecular weight excluding hydrogens is 898 g/mol. The first-order valence-electron chi connectivity index (χ1n) is 20.4. The van der Waals surface area contributed by atoms with Gasteiger partial charge in [-0.15, -0.1) is 0 Å². The molecule has 340 valence electrons. The van der Waals surface area contributed by atoms with E-state index in [1.807, 2.05) is 13.8 Å². The number of carbonyl (C=O) groups is 7. The van der Waals surface area contributed by atoms with Gasteiger partial charge in [0.1, 0.15) is 42.4 Å². The van der Waals surface area contributed by atoms with Crippen LogP contribution in [0.3, 0.4) is 0 Å². The Kier molecular flexibility index (Phi) is 17.0. The van der Waals surface area contributed by atoms with Crippen molar-refractivity contribution in [2.75, 3.05) is 26.7 Å². The predicted molar refractivity (Wildman–Crippen MR) is 218 cm³/mol. The summed E-state index contributed by atoms with van der Waals surface area (Å²) in [5, 5.41) is 21.2. The molecule has 3 aliphatic rings. The van der Waals surface area contributed by atoms with Crippen molar-refractivity contribution in [2.24, 2.45) is 5.92 Å². The topological polar surface area (TPSA) is 198 Å². The van der Waals surface area contributed by atoms with E-state index in [2.05, 4.69) is 37.2 Å². The van der Waals surface area contributed by atoms with Crippen LogP contribution in [0.2, 0.25) is 5.02 Å². The van der Waals surface area contributed by atoms with Gasteiger partial charge in [-0.1, -0.05) is 48.3 Å². The van der Waals surface area contributed by atoms with Gasteiger partial charge in [0.15, 0.2) is 0 Å². The van der Waals surface area contributed by atoms with Crippen molar-refractivity contribution in [1.82, 2.24) is 36.0 Å². The maximum absolute atomic E-state index is 14.6. The summed E-state index contributed by atoms with van der Waals surface area (Å²) in [5.41, 5.74) is -3.38. The lowest BCUT2D eigenvalue weighted by molar-refractivity contribution is -0.250. The lowest BCUT2D eigenvalue weighted by Gasteiger charge is -2.34. The number of aliphatic hydroxyl groups is 1. The SMILES string of the molecule is CC[C@H](NC(=O)[C@@H]1C[C@@H](F)CN1C(=O)[C@@](C)(O)C(F)(F)F)C(=O)N(C)[C@H]1CCCCNC(=O)[C@H]2CCCN2C(=O)[C@H](Cc2cc(Br)ccc2Cl)NC(=O)[C@H](CC(C)C)NC1=O. The van der Waals surface area contributed by atoms with E-state index in [4.69, 9.17) is 11.6 Å². The van der Waals surface area contributed by atoms with E-state index in [1.165, 1.54) is 18.9 Å². The molecule has 0 bridgehead atoms. The number of nitrogens with zero attached hydrogens (tertiary/aromatic N) is 3. The average molecular weight is 953 g/mol. The van der Waals surface area contributed by atoms with Crippen molar-refractivity contribution in [3.05, 3.63) is 33.3 Å². The minimum Gasteiger partial charge on any atom is -0.373 e. The summed E-state index contributed by atoms with van der Waals surface area (Å²) in [6, 6.07) is -2.56. The Bertz CT molecular complexity index is 1820. The largest absolute Gasteiger partial charge is 0.426 e. The third kappa shape index (κ3) is 12.1. The molecule has 61 heavy (non-hydrogen) atoms. The fraction of sp³-hybridized carbons (Fsp3) is 0.675. The fourth-order valence-corrected chi connectivity index (χ4v) is 8.43. The van der Waals surface area contributed by atoms with Gasteiger partial charge in [-0.05, 0) is 81.5 Å². The van der Waals surface area contributed by atoms with E-state index in [-0.39, 0.29) is 57.5 Å². The van der Waals surface area contributed by atoms with Gasteiger partial charge in [-0.2, -0.15) is 13.2 Å². The second-order valence-electron chi connectivity index (χ2n) is 16.5. The van der Waals surface area contributed by atoms with Crippen LogP contribution in [0.5, 0.6) is 0 Å². The van der Waals surface area contributed by atoms with Crippen LogP contribution in [-0.4, -0.2) is 142 Å². The van der Waals surface area contributed by atoms with Gasteiger partial charge in [0, 0.05) is 42.5 Å². The average Bonchev–Trinajstić information content (AvgIpc) is 3.84. The molecular formula is C40H55BrClF4N7O8. The van der Waals surface area contributed by atoms with Crippen molar-refractivity contribution < 1.29 is 56.2 Å². The molecule has 5 N–H and O–H groups in total. The van der Waals surface area contributed by atoms with Crippen LogP contribution in [-0.2, 0) is 40.0 Å². The molecule has 0 aliphatic carbocycles. The highest BCUT2D eigenvalue weighted by molar-refractivity contribution is 9.10. The first-order chi connectivity index (χ1) is 28.5. The van der Waals surface area contributed by atoms with Gasteiger partial charge < -0.3 is 41.1 Å². The first kappa shape index (κ1) is 49.6. The van der Waals surface area contributed by atoms with Gasteiger partial charge in [0.05, 0.1) is 6.54 Å². The number of fused-ring (bicyclic) bond motifs is 1. The van der Waals surface area contributed by atoms with Crippen molar-refractivity contribution in [3.63, 3.8) is 0 Å². The number of likely N-dealkylation sites (tertiary alicyclic amines) is 1. The standard InChI is InChI=1S/C40H55BrClF4N7O8/c1-6-26(48-35(57)31-19-24(43)20-53(31)38(60)39(4,61)40(44,45)46)36(58)51(5)29-10-7-8-14-47-33(55)30-11-9-15-52(30)37(59)28(18-22-17-23(41)12-13-25(22)42)50-32(54)27(16-21(2)3)49-34(29)56/h12-13,17,21,24,26-31,61H,6-11,14-16,18-20H2,1-5H3,(H,47,55)(H,48,57)(H,49,56)(H,50,54)/t24-,26+,27+,28+,29+,30-,31+,39-/m1/s1. The van der Waals surface area contributed by atoms with Crippen molar-refractivity contribution in [2.45, 2.75) is 140 Å². The molecule has 1 aromatic rings. The zero-order valence-electron chi connectivity index (χ0n) is 34.8. The summed E-state index contributed by atoms with van der Waals surface area (Å²) in [4.78, 5) is 99.3. The van der Waals surface area contributed by atoms with Gasteiger partial charge in [-0.3, -0.25) is 33.6 Å². The molecule has 0 radical (unpaired) electrons. The monoisotopic (exact) mass is 951 g/mol. The highest BCUT2D eigenvalue weighted by Gasteiger charge is 2.59. The van der Waals surface area contributed by atoms with Crippen LogP contribution in [0.1, 0.15) is 84.6 Å². The van der Waals surface area contributed by atoms with E-state index in [0.717, 1.165) is 4.90 Å². The van der Waals surface area contributed by atoms with Crippen LogP contribution >= 0.6 is 27.5 Å². The number of nitrogens with one attached hydrogen (secondary N) is 4. The third-order valence-electron chi connectivity index (χ3n) is 11.4. The zero-order chi connectivity index (χ0) is 45.6. The highest BCUT2D eigenvalue weighted by atomic mass is 79.9. The molecule has 3 heterocycles. The number of benzene rings is 1. The molecule has 0 saturated carbocycles. The van der Waals surface area contributed by atoms with Gasteiger partial charge in [0.25, 0.3) is 5.91 Å². The lowest BCUT2D eigenvalue weighted by Crippen LogP contribution is -2.61. The Morgan fingerprint density at radius 3 is 2.34 bits per heavy atom. The predicted octanol–water partition coefficient (Wildman–Crippen LogP) is 2.93. The normalized spacial score (nSPS) is 26.2. The van der Waals surface area contributed by atoms with Crippen molar-refractivity contribution in [3.8, 4) is 0 Å². The number of likely N-dealkylation sites (N-methyl/N-ethyl adjacent to an activating group) is 1. The van der Waals surface area contributed by atoms with Crippen LogP contribution in [0.15, 0.2) is 22.7 Å². The second-order valence-corrected chi connectivity index (χ2v) is 17.8. The number of halogens is 6. The summed E-state index contributed by atoms with van der Waals surface area (Å²) in [6.07, 6.45) is -6.39. The molecule has 3 fully saturated rings. The van der Waals surface area contributed by atoms with Crippen LogP contribution in [0.25, 0.3) is 0 Å². The smallest absolute Gasteiger partial charge is 0.373 e. The molecule has 0 aromatic heterocycles. The summed E-state index contributed by atoms with van der Waals surface area (Å²) >= 11 is 9.92. The van der Waals surface area contributed by atoms with E-state index >= 15 is 0 Å². The highest BCUT2D eigenvalue weighted by Crippen LogP contribution is 2.34. The number of hydrogen-bond donors (Lipinski definition) is 5. The Balaban J connectivity index is 1.61. The summed E-state index contributed by atoms with van der Waals surface area (Å²) in [5.74, 6) is -6.35. The van der Waals surface area contributed by atoms with Crippen LogP contribution in [0.4, 0.5) is 17.6 Å². The maximum atomic E-state index is 14.6. The maximum Gasteiger partial charge on any atom is 0.426 e. The number of amides is 7. The summed E-state index contributed by atoms with van der Waals surface area (Å²) in [7, 11) is 1.30. The van der Waals surface area contributed by atoms with E-state index in [9.17, 15) is 56.2 Å². The fourth-order valence-electron chi connectivity index (χ4n) is 7.82. The molecule has 4 rings (SSSR count). The van der Waals surface area contributed by atoms with E-state index < -0.39 is 103 Å². The number of carbonyl (C=O) groups excluding carboxylic acids is 7. The molecule has 15 nitrogen and oxygen atoms in total. The number of hydrogen-bond acceptors (Lipinski definition) is 8. The van der Waals surface area contributed by atoms with Crippen LogP contribution < -0.4 is 21.3 Å². The number of alkyl halides is 4. The minimum absolute atomic E-state index is 0.0311. The number of rotatable bonds is 10. The third-order valence-corrected chi connectivity index (χ3v) is 12.2. The second kappa shape index (κ2) is 20.9. The zero-order valence-corrected chi connectivity index (χ0v) is 37.1. The molecule has 3 aliphatic heterocycles. The molecule has 21 heteroatoms. The van der Waals surface area contributed by atoms with E-state index in [0.29, 0.717) is 45.6 Å². The minimum atomic E-state index is -5.43. The Hall–Kier alpha value is -4.04. The first-order valence-corrected chi connectivity index (χ1v) is 21.6. The summed E-state index contributed by atoms with van der Waals surface area (Å²) in [6.45, 7) is 4.93. The lowest BCUT2D eigenvalue weighted by atomic mass is 9.99. The molecule has 7 amide bonds. The van der Waals surface area contributed by atoms with Crippen molar-refractivity contribution >= 4 is 68.9 Å². The van der Waals surface area contributed by atoms with E-state index in [1.54, 1.807) is 18.2 Å². The summed E-state index contributed by atoms with van der Waals surface area (Å²) < 4.78 is 55.8. The molecule has 1 aromatic carbocycles.